The van der Waals surface area contributed by atoms with Gasteiger partial charge in [-0.05, 0) is 48.7 Å². The summed E-state index contributed by atoms with van der Waals surface area (Å²) in [4.78, 5) is 23.6. The van der Waals surface area contributed by atoms with Gasteiger partial charge in [0.1, 0.15) is 17.5 Å². The van der Waals surface area contributed by atoms with Crippen LogP contribution in [0, 0.1) is 5.41 Å². The number of anilines is 1. The van der Waals surface area contributed by atoms with Gasteiger partial charge in [0.2, 0.25) is 0 Å². The zero-order chi connectivity index (χ0) is 25.1. The second-order valence-corrected chi connectivity index (χ2v) is 10.2. The van der Waals surface area contributed by atoms with Gasteiger partial charge in [0.05, 0.1) is 6.42 Å². The third-order valence-electron chi connectivity index (χ3n) is 7.46. The summed E-state index contributed by atoms with van der Waals surface area (Å²) in [5.41, 5.74) is 8.77. The lowest BCUT2D eigenvalue weighted by Crippen LogP contribution is -2.31. The summed E-state index contributed by atoms with van der Waals surface area (Å²) in [6.45, 7) is 4.35. The molecule has 2 aliphatic rings. The van der Waals surface area contributed by atoms with E-state index in [4.69, 9.17) is 5.73 Å². The normalized spacial score (nSPS) is 20.9. The molecule has 1 spiro atoms. The average molecular weight is 498 g/mol. The Morgan fingerprint density at radius 3 is 2.75 bits per heavy atom. The van der Waals surface area contributed by atoms with Crippen molar-refractivity contribution in [3.8, 4) is 0 Å². The van der Waals surface area contributed by atoms with E-state index in [9.17, 15) is 18.0 Å². The first-order chi connectivity index (χ1) is 17.2. The number of amides is 1. The van der Waals surface area contributed by atoms with Crippen LogP contribution in [0.15, 0.2) is 42.9 Å². The van der Waals surface area contributed by atoms with Crippen LogP contribution in [0.4, 0.5) is 19.0 Å². The number of hydrogen-bond acceptors (Lipinski definition) is 5. The summed E-state index contributed by atoms with van der Waals surface area (Å²) in [5, 5.41) is 5.08. The highest BCUT2D eigenvalue weighted by Gasteiger charge is 2.44. The minimum absolute atomic E-state index is 0.124. The first kappa shape index (κ1) is 22.8. The third-order valence-corrected chi connectivity index (χ3v) is 7.46. The maximum absolute atomic E-state index is 12.9. The van der Waals surface area contributed by atoms with Crippen LogP contribution in [0.2, 0.25) is 0 Å². The van der Waals surface area contributed by atoms with Gasteiger partial charge in [-0.2, -0.15) is 18.3 Å². The number of nitrogens with zero attached hydrogens (tertiary/aromatic N) is 5. The van der Waals surface area contributed by atoms with Gasteiger partial charge in [0.25, 0.3) is 5.91 Å². The molecule has 36 heavy (non-hydrogen) atoms. The highest BCUT2D eigenvalue weighted by molar-refractivity contribution is 5.97. The molecule has 11 heteroatoms. The maximum Gasteiger partial charge on any atom is 0.393 e. The Morgan fingerprint density at radius 2 is 1.94 bits per heavy atom. The number of alkyl halides is 3. The van der Waals surface area contributed by atoms with E-state index in [-0.39, 0.29) is 11.0 Å². The molecule has 1 unspecified atom stereocenters. The van der Waals surface area contributed by atoms with Crippen molar-refractivity contribution in [1.82, 2.24) is 24.5 Å². The second-order valence-electron chi connectivity index (χ2n) is 10.2. The molecule has 4 aromatic rings. The van der Waals surface area contributed by atoms with Crippen molar-refractivity contribution in [1.29, 1.82) is 0 Å². The summed E-state index contributed by atoms with van der Waals surface area (Å²) in [6, 6.07) is 9.46. The number of carbonyl (C=O) groups excluding carboxylic acids is 1. The molecule has 5 heterocycles. The predicted molar refractivity (Wildman–Crippen MR) is 129 cm³/mol. The fraction of sp³-hybridized carbons (Fsp3) is 0.400. The molecule has 2 saturated heterocycles. The molecule has 2 fully saturated rings. The Hall–Kier alpha value is -3.60. The number of rotatable bonds is 5. The maximum atomic E-state index is 12.9. The van der Waals surface area contributed by atoms with Crippen LogP contribution in [0.1, 0.15) is 34.5 Å². The number of hydrogen-bond donors (Lipinski definition) is 2. The quantitative estimate of drug-likeness (QED) is 0.440. The Bertz CT molecular complexity index is 1460. The SMILES string of the molecule is NC(=O)c1cc2ccc(CN3CCC4(CCN(c5ncnn6cc(CC(F)(F)F)cc56)C4)C3)cc2[nH]1. The monoisotopic (exact) mass is 497 g/mol. The lowest BCUT2D eigenvalue weighted by Gasteiger charge is -2.25. The zero-order valence-corrected chi connectivity index (χ0v) is 19.6. The van der Waals surface area contributed by atoms with Crippen molar-refractivity contribution in [2.24, 2.45) is 11.1 Å². The Morgan fingerprint density at radius 1 is 1.11 bits per heavy atom. The average Bonchev–Trinajstić information content (AvgIpc) is 3.58. The standard InChI is InChI=1S/C25H26F3N7O/c26-25(27,28)10-17-8-21-23(30-15-31-35(21)12-17)34-6-4-24(14-34)3-5-33(13-24)11-16-1-2-18-9-20(22(29)36)32-19(18)7-16/h1-2,7-9,12,15,32H,3-6,10-11,13-14H2,(H2,29,36). The first-order valence-corrected chi connectivity index (χ1v) is 11.9. The summed E-state index contributed by atoms with van der Waals surface area (Å²) in [6.07, 6.45) is -0.336. The van der Waals surface area contributed by atoms with E-state index in [1.54, 1.807) is 12.1 Å². The molecule has 3 N–H and O–H groups in total. The van der Waals surface area contributed by atoms with E-state index in [0.717, 1.165) is 62.0 Å². The van der Waals surface area contributed by atoms with Crippen molar-refractivity contribution < 1.29 is 18.0 Å². The minimum Gasteiger partial charge on any atom is -0.364 e. The molecule has 188 valence electrons. The smallest absolute Gasteiger partial charge is 0.364 e. The minimum atomic E-state index is -4.26. The molecule has 1 aromatic carbocycles. The molecule has 1 amide bonds. The van der Waals surface area contributed by atoms with Crippen LogP contribution < -0.4 is 10.6 Å². The van der Waals surface area contributed by atoms with Crippen molar-refractivity contribution in [2.45, 2.75) is 32.0 Å². The van der Waals surface area contributed by atoms with Gasteiger partial charge in [0, 0.05) is 48.7 Å². The van der Waals surface area contributed by atoms with Gasteiger partial charge in [-0.25, -0.2) is 9.50 Å². The number of nitrogens with two attached hydrogens (primary N) is 1. The van der Waals surface area contributed by atoms with E-state index >= 15 is 0 Å². The number of aromatic nitrogens is 4. The second kappa shape index (κ2) is 8.22. The van der Waals surface area contributed by atoms with Crippen LogP contribution >= 0.6 is 0 Å². The Labute approximate surface area is 204 Å². The topological polar surface area (TPSA) is 95.6 Å². The molecular formula is C25H26F3N7O. The molecule has 2 aliphatic heterocycles. The molecule has 6 rings (SSSR count). The number of primary amides is 1. The predicted octanol–water partition coefficient (Wildman–Crippen LogP) is 3.52. The Kier molecular flexibility index (Phi) is 5.22. The van der Waals surface area contributed by atoms with E-state index in [0.29, 0.717) is 17.0 Å². The Balaban J connectivity index is 1.16. The summed E-state index contributed by atoms with van der Waals surface area (Å²) >= 11 is 0. The fourth-order valence-electron chi connectivity index (χ4n) is 5.82. The number of nitrogens with one attached hydrogen (secondary N) is 1. The van der Waals surface area contributed by atoms with E-state index in [2.05, 4.69) is 37.0 Å². The number of H-pyrrole nitrogens is 1. The largest absolute Gasteiger partial charge is 0.393 e. The van der Waals surface area contributed by atoms with E-state index in [1.807, 2.05) is 6.07 Å². The first-order valence-electron chi connectivity index (χ1n) is 11.9. The van der Waals surface area contributed by atoms with Crippen molar-refractivity contribution in [3.63, 3.8) is 0 Å². The van der Waals surface area contributed by atoms with Gasteiger partial charge in [0.15, 0.2) is 5.82 Å². The van der Waals surface area contributed by atoms with Crippen LogP contribution in [0.3, 0.4) is 0 Å². The van der Waals surface area contributed by atoms with Gasteiger partial charge < -0.3 is 15.6 Å². The van der Waals surface area contributed by atoms with Gasteiger partial charge in [-0.15, -0.1) is 0 Å². The number of carbonyl (C=O) groups is 1. The van der Waals surface area contributed by atoms with Crippen LogP contribution in [0.5, 0.6) is 0 Å². The number of likely N-dealkylation sites (tertiary alicyclic amines) is 1. The lowest BCUT2D eigenvalue weighted by atomic mass is 9.86. The summed E-state index contributed by atoms with van der Waals surface area (Å²) < 4.78 is 40.2. The van der Waals surface area contributed by atoms with Crippen LogP contribution in [-0.2, 0) is 13.0 Å². The van der Waals surface area contributed by atoms with Crippen molar-refractivity contribution >= 4 is 28.1 Å². The molecule has 8 nitrogen and oxygen atoms in total. The zero-order valence-electron chi connectivity index (χ0n) is 19.6. The fourth-order valence-corrected chi connectivity index (χ4v) is 5.82. The highest BCUT2D eigenvalue weighted by atomic mass is 19.4. The van der Waals surface area contributed by atoms with Crippen LogP contribution in [-0.4, -0.2) is 62.7 Å². The summed E-state index contributed by atoms with van der Waals surface area (Å²) in [5.74, 6) is 0.217. The van der Waals surface area contributed by atoms with E-state index in [1.165, 1.54) is 17.0 Å². The molecule has 0 bridgehead atoms. The number of benzene rings is 1. The number of halogens is 3. The molecule has 1 atom stereocenters. The number of fused-ring (bicyclic) bond motifs is 2. The molecular weight excluding hydrogens is 471 g/mol. The van der Waals surface area contributed by atoms with Crippen molar-refractivity contribution in [2.75, 3.05) is 31.1 Å². The molecule has 3 aromatic heterocycles. The lowest BCUT2D eigenvalue weighted by molar-refractivity contribution is -0.127. The molecule has 0 aliphatic carbocycles. The van der Waals surface area contributed by atoms with Gasteiger partial charge in [-0.1, -0.05) is 12.1 Å². The highest BCUT2D eigenvalue weighted by Crippen LogP contribution is 2.42. The van der Waals surface area contributed by atoms with E-state index < -0.39 is 18.5 Å². The summed E-state index contributed by atoms with van der Waals surface area (Å²) in [7, 11) is 0. The van der Waals surface area contributed by atoms with Crippen molar-refractivity contribution in [3.05, 3.63) is 59.7 Å². The third kappa shape index (κ3) is 4.27. The number of aromatic amines is 1. The molecule has 0 saturated carbocycles. The van der Waals surface area contributed by atoms with Gasteiger partial charge >= 0.3 is 6.18 Å². The molecule has 0 radical (unpaired) electrons. The van der Waals surface area contributed by atoms with Crippen LogP contribution in [0.25, 0.3) is 16.4 Å². The van der Waals surface area contributed by atoms with Gasteiger partial charge in [-0.3, -0.25) is 9.69 Å².